The van der Waals surface area contributed by atoms with Gasteiger partial charge in [-0.2, -0.15) is 0 Å². The van der Waals surface area contributed by atoms with Gasteiger partial charge in [-0.15, -0.1) is 11.8 Å². The van der Waals surface area contributed by atoms with Crippen molar-refractivity contribution in [3.05, 3.63) is 36.7 Å². The Morgan fingerprint density at radius 2 is 2.33 bits per heavy atom. The number of nitrogen functional groups attached to an aromatic ring is 1. The number of imidazole rings is 1. The number of hydrogen-bond acceptors (Lipinski definition) is 4. The summed E-state index contributed by atoms with van der Waals surface area (Å²) in [7, 11) is 1.98. The van der Waals surface area contributed by atoms with E-state index >= 15 is 0 Å². The molecule has 0 aliphatic rings. The Labute approximate surface area is 92.5 Å². The van der Waals surface area contributed by atoms with E-state index in [-0.39, 0.29) is 0 Å². The molecule has 0 saturated heterocycles. The molecule has 0 atom stereocenters. The van der Waals surface area contributed by atoms with Crippen LogP contribution in [0.15, 0.2) is 35.7 Å². The molecule has 2 N–H and O–H groups in total. The summed E-state index contributed by atoms with van der Waals surface area (Å²) in [6, 6.07) is 1.92. The van der Waals surface area contributed by atoms with Gasteiger partial charge in [0.2, 0.25) is 0 Å². The van der Waals surface area contributed by atoms with Crippen LogP contribution in [0.5, 0.6) is 0 Å². The molecule has 0 amide bonds. The van der Waals surface area contributed by atoms with Crippen LogP contribution in [-0.4, -0.2) is 14.5 Å². The first-order valence-corrected chi connectivity index (χ1v) is 5.54. The second-order valence-electron chi connectivity index (χ2n) is 3.16. The molecule has 5 heteroatoms. The summed E-state index contributed by atoms with van der Waals surface area (Å²) in [4.78, 5) is 9.24. The molecule has 0 spiro atoms. The highest BCUT2D eigenvalue weighted by Crippen LogP contribution is 2.26. The first-order valence-electron chi connectivity index (χ1n) is 4.56. The zero-order valence-electron chi connectivity index (χ0n) is 8.42. The fourth-order valence-corrected chi connectivity index (χ4v) is 2.14. The number of nitrogens with zero attached hydrogens (tertiary/aromatic N) is 3. The van der Waals surface area contributed by atoms with Crippen LogP contribution in [0.4, 0.5) is 5.69 Å². The van der Waals surface area contributed by atoms with Crippen LogP contribution in [0.3, 0.4) is 0 Å². The zero-order valence-corrected chi connectivity index (χ0v) is 9.24. The predicted molar refractivity (Wildman–Crippen MR) is 61.4 cm³/mol. The highest BCUT2D eigenvalue weighted by atomic mass is 32.2. The van der Waals surface area contributed by atoms with E-state index in [2.05, 4.69) is 9.97 Å². The third-order valence-corrected chi connectivity index (χ3v) is 3.17. The molecule has 0 aliphatic carbocycles. The number of nitrogens with two attached hydrogens (primary N) is 1. The van der Waals surface area contributed by atoms with Gasteiger partial charge in [0.15, 0.2) is 0 Å². The first-order chi connectivity index (χ1) is 7.27. The average Bonchev–Trinajstić information content (AvgIpc) is 2.63. The highest BCUT2D eigenvalue weighted by Gasteiger charge is 2.03. The van der Waals surface area contributed by atoms with E-state index in [1.54, 1.807) is 30.4 Å². The maximum atomic E-state index is 5.79. The Morgan fingerprint density at radius 1 is 1.47 bits per heavy atom. The van der Waals surface area contributed by atoms with E-state index in [0.29, 0.717) is 0 Å². The topological polar surface area (TPSA) is 56.7 Å². The quantitative estimate of drug-likeness (QED) is 0.800. The fraction of sp³-hybridized carbons (Fsp3) is 0.200. The fourth-order valence-electron chi connectivity index (χ4n) is 1.20. The molecule has 0 bridgehead atoms. The number of pyridine rings is 1. The molecular weight excluding hydrogens is 208 g/mol. The first kappa shape index (κ1) is 10.0. The van der Waals surface area contributed by atoms with E-state index in [1.165, 1.54) is 0 Å². The summed E-state index contributed by atoms with van der Waals surface area (Å²) in [5.41, 5.74) is 6.51. The Hall–Kier alpha value is -1.49. The van der Waals surface area contributed by atoms with Crippen LogP contribution in [0.25, 0.3) is 0 Å². The van der Waals surface area contributed by atoms with E-state index in [1.807, 2.05) is 23.9 Å². The van der Waals surface area contributed by atoms with Crippen molar-refractivity contribution in [1.29, 1.82) is 0 Å². The molecular formula is C10H12N4S. The number of thioether (sulfide) groups is 1. The molecule has 2 aromatic heterocycles. The SMILES string of the molecule is Cn1ccnc1CSc1ccncc1N. The van der Waals surface area contributed by atoms with Crippen molar-refractivity contribution in [1.82, 2.24) is 14.5 Å². The van der Waals surface area contributed by atoms with Crippen molar-refractivity contribution in [2.24, 2.45) is 7.05 Å². The van der Waals surface area contributed by atoms with Gasteiger partial charge in [0.05, 0.1) is 17.6 Å². The third kappa shape index (κ3) is 2.30. The molecule has 0 aliphatic heterocycles. The lowest BCUT2D eigenvalue weighted by Crippen LogP contribution is -1.95. The van der Waals surface area contributed by atoms with E-state index in [0.717, 1.165) is 22.2 Å². The lowest BCUT2D eigenvalue weighted by atomic mass is 10.4. The minimum atomic E-state index is 0.719. The van der Waals surface area contributed by atoms with Crippen molar-refractivity contribution in [3.8, 4) is 0 Å². The average molecular weight is 220 g/mol. The second-order valence-corrected chi connectivity index (χ2v) is 4.17. The van der Waals surface area contributed by atoms with Gasteiger partial charge >= 0.3 is 0 Å². The second kappa shape index (κ2) is 4.35. The Kier molecular flexibility index (Phi) is 2.91. The summed E-state index contributed by atoms with van der Waals surface area (Å²) in [5, 5.41) is 0. The number of hydrogen-bond donors (Lipinski definition) is 1. The molecule has 15 heavy (non-hydrogen) atoms. The van der Waals surface area contributed by atoms with Crippen LogP contribution >= 0.6 is 11.8 Å². The van der Waals surface area contributed by atoms with Crippen LogP contribution < -0.4 is 5.73 Å². The van der Waals surface area contributed by atoms with Gasteiger partial charge in [-0.3, -0.25) is 4.98 Å². The molecule has 0 radical (unpaired) electrons. The van der Waals surface area contributed by atoms with Gasteiger partial charge in [-0.25, -0.2) is 4.98 Å². The van der Waals surface area contributed by atoms with Crippen LogP contribution in [0.1, 0.15) is 5.82 Å². The number of aryl methyl sites for hydroxylation is 1. The lowest BCUT2D eigenvalue weighted by molar-refractivity contribution is 0.849. The number of aromatic nitrogens is 3. The van der Waals surface area contributed by atoms with Crippen molar-refractivity contribution in [2.45, 2.75) is 10.6 Å². The Morgan fingerprint density at radius 3 is 3.00 bits per heavy atom. The van der Waals surface area contributed by atoms with Gasteiger partial charge in [-0.05, 0) is 6.07 Å². The zero-order chi connectivity index (χ0) is 10.7. The molecule has 4 nitrogen and oxygen atoms in total. The normalized spacial score (nSPS) is 10.5. The monoisotopic (exact) mass is 220 g/mol. The van der Waals surface area contributed by atoms with Crippen molar-refractivity contribution < 1.29 is 0 Å². The van der Waals surface area contributed by atoms with Crippen LogP contribution in [-0.2, 0) is 12.8 Å². The standard InChI is InChI=1S/C10H12N4S/c1-14-5-4-13-10(14)7-15-9-2-3-12-6-8(9)11/h2-6H,7,11H2,1H3. The molecule has 0 aromatic carbocycles. The molecule has 78 valence electrons. The van der Waals surface area contributed by atoms with Crippen molar-refractivity contribution in [2.75, 3.05) is 5.73 Å². The summed E-state index contributed by atoms with van der Waals surface area (Å²) in [6.07, 6.45) is 7.15. The van der Waals surface area contributed by atoms with Gasteiger partial charge in [0, 0.05) is 30.5 Å². The molecule has 2 heterocycles. The Balaban J connectivity index is 2.06. The third-order valence-electron chi connectivity index (χ3n) is 2.09. The minimum absolute atomic E-state index is 0.719. The summed E-state index contributed by atoms with van der Waals surface area (Å²) >= 11 is 1.67. The molecule has 0 unspecified atom stereocenters. The van der Waals surface area contributed by atoms with Crippen molar-refractivity contribution >= 4 is 17.4 Å². The molecule has 0 saturated carbocycles. The number of rotatable bonds is 3. The molecule has 2 aromatic rings. The Bertz CT molecular complexity index is 452. The van der Waals surface area contributed by atoms with E-state index < -0.39 is 0 Å². The highest BCUT2D eigenvalue weighted by molar-refractivity contribution is 7.98. The van der Waals surface area contributed by atoms with E-state index in [9.17, 15) is 0 Å². The largest absolute Gasteiger partial charge is 0.397 e. The number of anilines is 1. The molecule has 2 rings (SSSR count). The maximum absolute atomic E-state index is 5.79. The predicted octanol–water partition coefficient (Wildman–Crippen LogP) is 1.69. The van der Waals surface area contributed by atoms with Gasteiger partial charge in [-0.1, -0.05) is 0 Å². The van der Waals surface area contributed by atoms with E-state index in [4.69, 9.17) is 5.73 Å². The maximum Gasteiger partial charge on any atom is 0.118 e. The lowest BCUT2D eigenvalue weighted by Gasteiger charge is -2.04. The van der Waals surface area contributed by atoms with Gasteiger partial charge in [0.1, 0.15) is 5.82 Å². The summed E-state index contributed by atoms with van der Waals surface area (Å²) in [6.45, 7) is 0. The van der Waals surface area contributed by atoms with Crippen LogP contribution in [0.2, 0.25) is 0 Å². The summed E-state index contributed by atoms with van der Waals surface area (Å²) < 4.78 is 2.00. The minimum Gasteiger partial charge on any atom is -0.397 e. The van der Waals surface area contributed by atoms with Crippen molar-refractivity contribution in [3.63, 3.8) is 0 Å². The van der Waals surface area contributed by atoms with Gasteiger partial charge in [0.25, 0.3) is 0 Å². The summed E-state index contributed by atoms with van der Waals surface area (Å²) in [5.74, 6) is 1.86. The van der Waals surface area contributed by atoms with Crippen LogP contribution in [0, 0.1) is 0 Å². The smallest absolute Gasteiger partial charge is 0.118 e. The van der Waals surface area contributed by atoms with Gasteiger partial charge < -0.3 is 10.3 Å². The molecule has 0 fully saturated rings.